The van der Waals surface area contributed by atoms with Gasteiger partial charge in [0.05, 0.1) is 10.2 Å². The molecule has 27 heavy (non-hydrogen) atoms. The van der Waals surface area contributed by atoms with Crippen molar-refractivity contribution in [1.29, 1.82) is 0 Å². The normalized spacial score (nSPS) is 11.4. The van der Waals surface area contributed by atoms with Crippen molar-refractivity contribution in [3.05, 3.63) is 92.5 Å². The third-order valence-electron chi connectivity index (χ3n) is 4.44. The Hall–Kier alpha value is -3.45. The number of H-pyrrole nitrogens is 2. The summed E-state index contributed by atoms with van der Waals surface area (Å²) in [4.78, 5) is 33.0. The van der Waals surface area contributed by atoms with E-state index in [1.807, 2.05) is 54.6 Å². The zero-order valence-electron chi connectivity index (χ0n) is 14.1. The molecule has 0 saturated heterocycles. The maximum absolute atomic E-state index is 12.8. The molecule has 0 aliphatic carbocycles. The van der Waals surface area contributed by atoms with Gasteiger partial charge in [-0.05, 0) is 17.7 Å². The van der Waals surface area contributed by atoms with E-state index >= 15 is 0 Å². The molecule has 0 bridgehead atoms. The van der Waals surface area contributed by atoms with Crippen LogP contribution in [0.5, 0.6) is 0 Å². The third-order valence-corrected chi connectivity index (χ3v) is 5.46. The van der Waals surface area contributed by atoms with Crippen LogP contribution >= 0.6 is 11.3 Å². The summed E-state index contributed by atoms with van der Waals surface area (Å²) < 4.78 is 2.31. The van der Waals surface area contributed by atoms with Crippen molar-refractivity contribution < 1.29 is 0 Å². The van der Waals surface area contributed by atoms with Crippen LogP contribution in [0.2, 0.25) is 0 Å². The summed E-state index contributed by atoms with van der Waals surface area (Å²) in [7, 11) is 0. The van der Waals surface area contributed by atoms with Gasteiger partial charge in [0, 0.05) is 18.2 Å². The van der Waals surface area contributed by atoms with E-state index < -0.39 is 5.56 Å². The number of rotatable bonds is 3. The number of aromatic amines is 2. The number of fused-ring (bicyclic) bond motifs is 2. The summed E-state index contributed by atoms with van der Waals surface area (Å²) in [6.45, 7) is 0. The van der Waals surface area contributed by atoms with Crippen LogP contribution in [-0.4, -0.2) is 19.7 Å². The van der Waals surface area contributed by atoms with Crippen LogP contribution in [0.4, 0.5) is 0 Å². The van der Waals surface area contributed by atoms with Crippen molar-refractivity contribution in [1.82, 2.24) is 19.7 Å². The second-order valence-electron chi connectivity index (χ2n) is 6.29. The van der Waals surface area contributed by atoms with E-state index in [1.54, 1.807) is 0 Å². The number of nitrogens with zero attached hydrogens (tertiary/aromatic N) is 2. The fraction of sp³-hybridized carbons (Fsp3) is 0.0500. The summed E-state index contributed by atoms with van der Waals surface area (Å²) in [5.41, 5.74) is 2.38. The van der Waals surface area contributed by atoms with Crippen molar-refractivity contribution in [2.75, 3.05) is 0 Å². The Kier molecular flexibility index (Phi) is 3.54. The predicted molar refractivity (Wildman–Crippen MR) is 107 cm³/mol. The minimum atomic E-state index is -0.392. The van der Waals surface area contributed by atoms with Gasteiger partial charge >= 0.3 is 0 Å². The Morgan fingerprint density at radius 2 is 1.78 bits per heavy atom. The molecule has 0 radical (unpaired) electrons. The van der Waals surface area contributed by atoms with Gasteiger partial charge in [-0.25, -0.2) is 4.98 Å². The molecule has 0 spiro atoms. The molecule has 0 saturated carbocycles. The molecule has 2 N–H and O–H groups in total. The topological polar surface area (TPSA) is 83.5 Å². The van der Waals surface area contributed by atoms with Gasteiger partial charge < -0.3 is 4.98 Å². The van der Waals surface area contributed by atoms with Crippen LogP contribution in [0.15, 0.2) is 70.3 Å². The van der Waals surface area contributed by atoms with Gasteiger partial charge in [-0.2, -0.15) is 4.68 Å². The van der Waals surface area contributed by atoms with Crippen LogP contribution in [0.1, 0.15) is 11.3 Å². The number of hydrogen-bond donors (Lipinski definition) is 2. The van der Waals surface area contributed by atoms with Gasteiger partial charge in [0.15, 0.2) is 5.43 Å². The van der Waals surface area contributed by atoms with Crippen molar-refractivity contribution in [3.8, 4) is 5.13 Å². The molecule has 132 valence electrons. The Labute approximate surface area is 156 Å². The summed E-state index contributed by atoms with van der Waals surface area (Å²) in [6, 6.07) is 19.0. The zero-order chi connectivity index (χ0) is 18.4. The van der Waals surface area contributed by atoms with Gasteiger partial charge in [-0.1, -0.05) is 53.8 Å². The first-order valence-electron chi connectivity index (χ1n) is 8.46. The van der Waals surface area contributed by atoms with Crippen molar-refractivity contribution in [3.63, 3.8) is 0 Å². The highest BCUT2D eigenvalue weighted by molar-refractivity contribution is 7.20. The molecule has 3 aromatic heterocycles. The fourth-order valence-corrected chi connectivity index (χ4v) is 4.11. The lowest BCUT2D eigenvalue weighted by Crippen LogP contribution is -2.18. The van der Waals surface area contributed by atoms with Gasteiger partial charge in [-0.3, -0.25) is 14.7 Å². The first kappa shape index (κ1) is 15.8. The van der Waals surface area contributed by atoms with Crippen LogP contribution < -0.4 is 11.0 Å². The summed E-state index contributed by atoms with van der Waals surface area (Å²) in [6.07, 6.45) is 0.584. The van der Waals surface area contributed by atoms with E-state index in [2.05, 4.69) is 15.1 Å². The van der Waals surface area contributed by atoms with Crippen LogP contribution in [-0.2, 0) is 6.42 Å². The number of benzene rings is 2. The highest BCUT2D eigenvalue weighted by atomic mass is 32.1. The number of aromatic nitrogens is 4. The number of thiazole rings is 1. The number of nitrogens with one attached hydrogen (secondary N) is 2. The molecule has 0 amide bonds. The van der Waals surface area contributed by atoms with E-state index in [-0.39, 0.29) is 10.8 Å². The van der Waals surface area contributed by atoms with E-state index in [4.69, 9.17) is 0 Å². The molecule has 2 aromatic carbocycles. The summed E-state index contributed by atoms with van der Waals surface area (Å²) in [5.74, 6) is 0. The average molecular weight is 374 g/mol. The maximum Gasteiger partial charge on any atom is 0.286 e. The first-order chi connectivity index (χ1) is 13.2. The summed E-state index contributed by atoms with van der Waals surface area (Å²) in [5, 5.41) is 3.63. The van der Waals surface area contributed by atoms with E-state index in [0.29, 0.717) is 17.2 Å². The lowest BCUT2D eigenvalue weighted by atomic mass is 10.1. The van der Waals surface area contributed by atoms with Crippen LogP contribution in [0, 0.1) is 0 Å². The largest absolute Gasteiger partial charge is 0.343 e. The molecule has 5 aromatic rings. The molecule has 0 aliphatic heterocycles. The molecular weight excluding hydrogens is 360 g/mol. The maximum atomic E-state index is 12.8. The lowest BCUT2D eigenvalue weighted by molar-refractivity contribution is 0.850. The highest BCUT2D eigenvalue weighted by Gasteiger charge is 2.16. The third kappa shape index (κ3) is 2.69. The SMILES string of the molecule is O=c1cc(Cc2ccccc2)[nH]c2[nH]n(-c3nc4ccccc4s3)c(=O)c12. The molecule has 5 rings (SSSR count). The molecule has 7 heteroatoms. The molecule has 0 atom stereocenters. The minimum absolute atomic E-state index is 0.117. The molecule has 3 heterocycles. The number of pyridine rings is 1. The van der Waals surface area contributed by atoms with Gasteiger partial charge in [0.1, 0.15) is 11.0 Å². The molecule has 0 aliphatic rings. The first-order valence-corrected chi connectivity index (χ1v) is 9.27. The lowest BCUT2D eigenvalue weighted by Gasteiger charge is -2.01. The second kappa shape index (κ2) is 6.07. The van der Waals surface area contributed by atoms with Crippen molar-refractivity contribution >= 4 is 32.6 Å². The number of para-hydroxylation sites is 1. The smallest absolute Gasteiger partial charge is 0.286 e. The standard InChI is InChI=1S/C20H14N4O2S/c25-15-11-13(10-12-6-2-1-3-7-12)21-18-17(15)19(26)24(23-18)20-22-14-8-4-5-9-16(14)27-20/h1-9,11H,10H2,(H2,21,23,25). The zero-order valence-corrected chi connectivity index (χ0v) is 14.9. The van der Waals surface area contributed by atoms with Crippen molar-refractivity contribution in [2.45, 2.75) is 6.42 Å². The van der Waals surface area contributed by atoms with Gasteiger partial charge in [0.2, 0.25) is 5.13 Å². The second-order valence-corrected chi connectivity index (χ2v) is 7.30. The molecule has 0 unspecified atom stereocenters. The minimum Gasteiger partial charge on any atom is -0.343 e. The van der Waals surface area contributed by atoms with E-state index in [0.717, 1.165) is 21.5 Å². The highest BCUT2D eigenvalue weighted by Crippen LogP contribution is 2.23. The summed E-state index contributed by atoms with van der Waals surface area (Å²) >= 11 is 1.40. The van der Waals surface area contributed by atoms with Gasteiger partial charge in [-0.15, -0.1) is 0 Å². The molecule has 6 nitrogen and oxygen atoms in total. The van der Waals surface area contributed by atoms with Gasteiger partial charge in [0.25, 0.3) is 5.56 Å². The Bertz CT molecular complexity index is 1360. The van der Waals surface area contributed by atoms with Crippen LogP contribution in [0.25, 0.3) is 26.4 Å². The van der Waals surface area contributed by atoms with Crippen molar-refractivity contribution in [2.24, 2.45) is 0 Å². The quantitative estimate of drug-likeness (QED) is 0.509. The van der Waals surface area contributed by atoms with E-state index in [1.165, 1.54) is 22.1 Å². The van der Waals surface area contributed by atoms with E-state index in [9.17, 15) is 9.59 Å². The molecule has 0 fully saturated rings. The van der Waals surface area contributed by atoms with Crippen LogP contribution in [0.3, 0.4) is 0 Å². The Morgan fingerprint density at radius 1 is 1.00 bits per heavy atom. The number of hydrogen-bond acceptors (Lipinski definition) is 4. The Balaban J connectivity index is 1.65. The molecular formula is C20H14N4O2S. The predicted octanol–water partition coefficient (Wildman–Crippen LogP) is 3.21. The fourth-order valence-electron chi connectivity index (χ4n) is 3.18. The average Bonchev–Trinajstić information content (AvgIpc) is 3.23. The Morgan fingerprint density at radius 3 is 2.59 bits per heavy atom. The monoisotopic (exact) mass is 374 g/mol.